The number of carboxylic acids is 3. The number of aromatic nitrogens is 2. The average molecular weight is 629 g/mol. The summed E-state index contributed by atoms with van der Waals surface area (Å²) in [6.07, 6.45) is 5.69. The van der Waals surface area contributed by atoms with Crippen LogP contribution in [-0.4, -0.2) is 85.2 Å². The van der Waals surface area contributed by atoms with Crippen LogP contribution in [-0.2, 0) is 32.3 Å². The maximum atomic E-state index is 12.4. The molecule has 0 radical (unpaired) electrons. The van der Waals surface area contributed by atoms with Crippen LogP contribution in [0, 0.1) is 0 Å². The molecule has 0 saturated heterocycles. The summed E-state index contributed by atoms with van der Waals surface area (Å²) in [5, 5.41) is 34.9. The van der Waals surface area contributed by atoms with Crippen LogP contribution in [0.15, 0.2) is 48.8 Å². The number of rotatable bonds is 23. The van der Waals surface area contributed by atoms with E-state index in [9.17, 15) is 29.1 Å². The van der Waals surface area contributed by atoms with Gasteiger partial charge in [-0.1, -0.05) is 12.1 Å². The van der Waals surface area contributed by atoms with E-state index in [2.05, 4.69) is 30.8 Å². The molecule has 2 atom stereocenters. The normalized spacial score (nSPS) is 12.2. The van der Waals surface area contributed by atoms with Crippen molar-refractivity contribution in [3.8, 4) is 0 Å². The first-order valence-corrected chi connectivity index (χ1v) is 15.1. The third-order valence-corrected chi connectivity index (χ3v) is 6.87. The Hall–Kier alpha value is -4.59. The van der Waals surface area contributed by atoms with Gasteiger partial charge >= 0.3 is 23.9 Å². The zero-order valence-corrected chi connectivity index (χ0v) is 25.4. The van der Waals surface area contributed by atoms with Crippen LogP contribution in [0.5, 0.6) is 0 Å². The van der Waals surface area contributed by atoms with Crippen molar-refractivity contribution >= 4 is 29.8 Å². The molecule has 2 heterocycles. The smallest absolute Gasteiger partial charge is 0.315 e. The highest BCUT2D eigenvalue weighted by atomic mass is 16.4. The highest BCUT2D eigenvalue weighted by Crippen LogP contribution is 2.10. The van der Waals surface area contributed by atoms with Crippen LogP contribution < -0.4 is 16.0 Å². The van der Waals surface area contributed by atoms with Gasteiger partial charge in [0.15, 0.2) is 0 Å². The molecule has 45 heavy (non-hydrogen) atoms. The molecule has 2 aromatic heterocycles. The number of carbonyl (C=O) groups is 5. The van der Waals surface area contributed by atoms with Gasteiger partial charge in [0, 0.05) is 57.0 Å². The molecule has 0 aliphatic carbocycles. The van der Waals surface area contributed by atoms with Gasteiger partial charge in [0.25, 0.3) is 0 Å². The van der Waals surface area contributed by atoms with Crippen LogP contribution in [0.25, 0.3) is 0 Å². The molecular formula is C31H44N6O8. The van der Waals surface area contributed by atoms with E-state index in [1.165, 1.54) is 0 Å². The molecule has 2 rings (SSSR count). The lowest BCUT2D eigenvalue weighted by Crippen LogP contribution is -2.47. The minimum atomic E-state index is -1.20. The Morgan fingerprint density at radius 2 is 1.27 bits per heavy atom. The largest absolute Gasteiger partial charge is 0.481 e. The molecular weight excluding hydrogens is 584 g/mol. The highest BCUT2D eigenvalue weighted by Gasteiger charge is 2.21. The second-order valence-corrected chi connectivity index (χ2v) is 10.8. The predicted octanol–water partition coefficient (Wildman–Crippen LogP) is 2.79. The SMILES string of the molecule is O=C(O)CCC(CC(=O)O)NC(=O)NC(CCCCNC(=O)CCCCN(Cc1ccccn1)Cc1ccccn1)CC(=O)O. The third-order valence-electron chi connectivity index (χ3n) is 6.87. The maximum Gasteiger partial charge on any atom is 0.315 e. The van der Waals surface area contributed by atoms with Gasteiger partial charge in [0.2, 0.25) is 5.91 Å². The van der Waals surface area contributed by atoms with Gasteiger partial charge in [-0.25, -0.2) is 4.79 Å². The van der Waals surface area contributed by atoms with Crippen LogP contribution in [0.3, 0.4) is 0 Å². The summed E-state index contributed by atoms with van der Waals surface area (Å²) >= 11 is 0. The summed E-state index contributed by atoms with van der Waals surface area (Å²) in [5.74, 6) is -3.50. The molecule has 14 nitrogen and oxygen atoms in total. The first-order chi connectivity index (χ1) is 21.6. The standard InChI is InChI=1S/C31H44N6O8/c38-27(12-4-8-18-37(21-25-10-2-5-15-32-25)22-26-11-3-6-16-33-26)34-17-7-1-9-23(19-29(41)42)35-31(45)36-24(20-30(43)44)13-14-28(39)40/h2-3,5-6,10-11,15-16,23-24H,1,4,7-9,12-14,17-22H2,(H,34,38)(H,39,40)(H,41,42)(H,43,44)(H2,35,36,45). The lowest BCUT2D eigenvalue weighted by Gasteiger charge is -2.21. The minimum Gasteiger partial charge on any atom is -0.481 e. The van der Waals surface area contributed by atoms with Crippen molar-refractivity contribution in [2.75, 3.05) is 13.1 Å². The quantitative estimate of drug-likeness (QED) is 0.0985. The van der Waals surface area contributed by atoms with Crippen molar-refractivity contribution in [1.82, 2.24) is 30.8 Å². The zero-order chi connectivity index (χ0) is 32.9. The van der Waals surface area contributed by atoms with E-state index in [1.54, 1.807) is 12.4 Å². The number of hydrogen-bond acceptors (Lipinski definition) is 8. The van der Waals surface area contributed by atoms with Gasteiger partial charge in [0.05, 0.1) is 24.2 Å². The van der Waals surface area contributed by atoms with Crippen LogP contribution in [0.2, 0.25) is 0 Å². The Bertz CT molecular complexity index is 1160. The molecule has 0 aliphatic rings. The summed E-state index contributed by atoms with van der Waals surface area (Å²) in [5.41, 5.74) is 1.93. The number of hydrogen-bond donors (Lipinski definition) is 6. The van der Waals surface area contributed by atoms with Crippen LogP contribution in [0.4, 0.5) is 4.79 Å². The first kappa shape index (κ1) is 36.6. The van der Waals surface area contributed by atoms with Gasteiger partial charge in [0.1, 0.15) is 0 Å². The Morgan fingerprint density at radius 1 is 0.689 bits per heavy atom. The molecule has 2 unspecified atom stereocenters. The molecule has 0 saturated carbocycles. The number of urea groups is 1. The van der Waals surface area contributed by atoms with Crippen molar-refractivity contribution < 1.29 is 39.3 Å². The Balaban J connectivity index is 1.69. The number of nitrogens with one attached hydrogen (secondary N) is 3. The summed E-state index contributed by atoms with van der Waals surface area (Å²) in [7, 11) is 0. The average Bonchev–Trinajstić information content (AvgIpc) is 2.98. The zero-order valence-electron chi connectivity index (χ0n) is 25.4. The van der Waals surface area contributed by atoms with Crippen molar-refractivity contribution in [2.24, 2.45) is 0 Å². The second kappa shape index (κ2) is 21.2. The monoisotopic (exact) mass is 628 g/mol. The number of amides is 3. The third kappa shape index (κ3) is 18.0. The summed E-state index contributed by atoms with van der Waals surface area (Å²) < 4.78 is 0. The number of pyridine rings is 2. The van der Waals surface area contributed by atoms with Gasteiger partial charge in [-0.15, -0.1) is 0 Å². The Morgan fingerprint density at radius 3 is 1.78 bits per heavy atom. The van der Waals surface area contributed by atoms with Crippen molar-refractivity contribution in [1.29, 1.82) is 0 Å². The predicted molar refractivity (Wildman–Crippen MR) is 164 cm³/mol. The molecule has 0 fully saturated rings. The van der Waals surface area contributed by atoms with Gasteiger partial charge in [-0.2, -0.15) is 0 Å². The van der Waals surface area contributed by atoms with E-state index in [0.29, 0.717) is 51.7 Å². The summed E-state index contributed by atoms with van der Waals surface area (Å²) in [4.78, 5) is 69.0. The van der Waals surface area contributed by atoms with Crippen molar-refractivity contribution in [2.45, 2.75) is 89.4 Å². The van der Waals surface area contributed by atoms with E-state index >= 15 is 0 Å². The van der Waals surface area contributed by atoms with Crippen LogP contribution in [0.1, 0.15) is 75.6 Å². The van der Waals surface area contributed by atoms with Crippen LogP contribution >= 0.6 is 0 Å². The lowest BCUT2D eigenvalue weighted by atomic mass is 10.1. The van der Waals surface area contributed by atoms with E-state index in [0.717, 1.165) is 24.4 Å². The number of carboxylic acid groups (broad SMARTS) is 3. The molecule has 246 valence electrons. The van der Waals surface area contributed by atoms with E-state index in [4.69, 9.17) is 10.2 Å². The number of carbonyl (C=O) groups excluding carboxylic acids is 2. The Labute approximate surface area is 262 Å². The maximum absolute atomic E-state index is 12.4. The molecule has 2 aromatic rings. The fraction of sp³-hybridized carbons (Fsp3) is 0.516. The molecule has 14 heteroatoms. The molecule has 0 aliphatic heterocycles. The summed E-state index contributed by atoms with van der Waals surface area (Å²) in [6.45, 7) is 2.54. The molecule has 0 aromatic carbocycles. The second-order valence-electron chi connectivity index (χ2n) is 10.8. The topological polar surface area (TPSA) is 211 Å². The van der Waals surface area contributed by atoms with Gasteiger partial charge < -0.3 is 31.3 Å². The van der Waals surface area contributed by atoms with E-state index in [1.807, 2.05) is 36.4 Å². The number of unbranched alkanes of at least 4 members (excludes halogenated alkanes) is 2. The van der Waals surface area contributed by atoms with E-state index < -0.39 is 42.4 Å². The fourth-order valence-corrected chi connectivity index (χ4v) is 4.69. The minimum absolute atomic E-state index is 0.0681. The molecule has 0 bridgehead atoms. The highest BCUT2D eigenvalue weighted by molar-refractivity contribution is 5.77. The van der Waals surface area contributed by atoms with Gasteiger partial charge in [-0.05, 0) is 69.3 Å². The molecule has 3 amide bonds. The molecule has 0 spiro atoms. The molecule has 6 N–H and O–H groups in total. The lowest BCUT2D eigenvalue weighted by molar-refractivity contribution is -0.139. The Kier molecular flexibility index (Phi) is 17.2. The fourth-order valence-electron chi connectivity index (χ4n) is 4.69. The van der Waals surface area contributed by atoms with Crippen molar-refractivity contribution in [3.63, 3.8) is 0 Å². The van der Waals surface area contributed by atoms with Crippen molar-refractivity contribution in [3.05, 3.63) is 60.2 Å². The first-order valence-electron chi connectivity index (χ1n) is 15.1. The van der Waals surface area contributed by atoms with Gasteiger partial charge in [-0.3, -0.25) is 34.0 Å². The summed E-state index contributed by atoms with van der Waals surface area (Å²) in [6, 6.07) is 9.25. The van der Waals surface area contributed by atoms with E-state index in [-0.39, 0.29) is 25.2 Å². The number of aliphatic carboxylic acids is 3. The number of nitrogens with zero attached hydrogens (tertiary/aromatic N) is 3.